The van der Waals surface area contributed by atoms with Crippen molar-refractivity contribution in [1.29, 1.82) is 0 Å². The third-order valence-electron chi connectivity index (χ3n) is 1.64. The first-order valence-corrected chi connectivity index (χ1v) is 3.86. The maximum absolute atomic E-state index is 5.47. The second-order valence-electron chi connectivity index (χ2n) is 2.67. The zero-order chi connectivity index (χ0) is 9.26. The fourth-order valence-corrected chi connectivity index (χ4v) is 0.986. The quantitative estimate of drug-likeness (QED) is 0.687. The number of nitrogens with zero attached hydrogens (tertiary/aromatic N) is 4. The van der Waals surface area contributed by atoms with Gasteiger partial charge in [0.1, 0.15) is 17.3 Å². The highest BCUT2D eigenvalue weighted by atomic mass is 15.3. The normalized spacial score (nSPS) is 10.2. The number of aromatic nitrogens is 4. The van der Waals surface area contributed by atoms with E-state index in [4.69, 9.17) is 5.73 Å². The van der Waals surface area contributed by atoms with Gasteiger partial charge >= 0.3 is 0 Å². The summed E-state index contributed by atoms with van der Waals surface area (Å²) in [6.45, 7) is 1.83. The highest BCUT2D eigenvalue weighted by Crippen LogP contribution is 2.05. The van der Waals surface area contributed by atoms with Crippen LogP contribution in [-0.4, -0.2) is 19.7 Å². The van der Waals surface area contributed by atoms with Crippen molar-refractivity contribution in [2.24, 2.45) is 0 Å². The zero-order valence-electron chi connectivity index (χ0n) is 7.18. The standard InChI is InChI=1S/C8H9N5/c1-6-10-4-7(5-11-6)13-3-2-8(9)12-13/h2-5H,1H3,(H2,9,12). The van der Waals surface area contributed by atoms with Gasteiger partial charge in [0.05, 0.1) is 12.4 Å². The molecule has 2 aromatic heterocycles. The minimum absolute atomic E-state index is 0.487. The predicted octanol–water partition coefficient (Wildman–Crippen LogP) is 0.553. The average Bonchev–Trinajstić information content (AvgIpc) is 2.53. The van der Waals surface area contributed by atoms with Gasteiger partial charge in [-0.25, -0.2) is 14.6 Å². The van der Waals surface area contributed by atoms with Crippen molar-refractivity contribution in [3.05, 3.63) is 30.5 Å². The van der Waals surface area contributed by atoms with Crippen LogP contribution in [0.25, 0.3) is 5.69 Å². The van der Waals surface area contributed by atoms with Gasteiger partial charge < -0.3 is 5.73 Å². The minimum Gasteiger partial charge on any atom is -0.382 e. The second-order valence-corrected chi connectivity index (χ2v) is 2.67. The lowest BCUT2D eigenvalue weighted by Gasteiger charge is -1.98. The third-order valence-corrected chi connectivity index (χ3v) is 1.64. The summed E-state index contributed by atoms with van der Waals surface area (Å²) < 4.78 is 1.63. The van der Waals surface area contributed by atoms with E-state index in [2.05, 4.69) is 15.1 Å². The van der Waals surface area contributed by atoms with Crippen LogP contribution in [0.1, 0.15) is 5.82 Å². The van der Waals surface area contributed by atoms with E-state index in [0.717, 1.165) is 11.5 Å². The Morgan fingerprint density at radius 2 is 2.00 bits per heavy atom. The fraction of sp³-hybridized carbons (Fsp3) is 0.125. The van der Waals surface area contributed by atoms with Crippen LogP contribution in [0.3, 0.4) is 0 Å². The van der Waals surface area contributed by atoms with E-state index in [1.807, 2.05) is 6.92 Å². The molecule has 2 aromatic rings. The van der Waals surface area contributed by atoms with Crippen molar-refractivity contribution in [2.45, 2.75) is 6.92 Å². The summed E-state index contributed by atoms with van der Waals surface area (Å²) in [7, 11) is 0. The van der Waals surface area contributed by atoms with Crippen LogP contribution in [0.2, 0.25) is 0 Å². The molecular formula is C8H9N5. The molecule has 2 rings (SSSR count). The molecule has 0 saturated carbocycles. The smallest absolute Gasteiger partial charge is 0.145 e. The van der Waals surface area contributed by atoms with Crippen LogP contribution >= 0.6 is 0 Å². The fourth-order valence-electron chi connectivity index (χ4n) is 0.986. The molecular weight excluding hydrogens is 166 g/mol. The lowest BCUT2D eigenvalue weighted by molar-refractivity contribution is 0.861. The lowest BCUT2D eigenvalue weighted by atomic mass is 10.5. The Morgan fingerprint density at radius 3 is 2.54 bits per heavy atom. The molecule has 0 bridgehead atoms. The number of aryl methyl sites for hydroxylation is 1. The molecule has 2 heterocycles. The minimum atomic E-state index is 0.487. The summed E-state index contributed by atoms with van der Waals surface area (Å²) in [6.07, 6.45) is 5.17. The molecule has 0 saturated heterocycles. The van der Waals surface area contributed by atoms with E-state index in [9.17, 15) is 0 Å². The van der Waals surface area contributed by atoms with Gasteiger partial charge in [-0.1, -0.05) is 0 Å². The molecule has 0 fully saturated rings. The summed E-state index contributed by atoms with van der Waals surface area (Å²) >= 11 is 0. The van der Waals surface area contributed by atoms with Crippen molar-refractivity contribution in [3.8, 4) is 5.69 Å². The molecule has 0 aliphatic carbocycles. The third kappa shape index (κ3) is 1.48. The molecule has 0 spiro atoms. The molecule has 13 heavy (non-hydrogen) atoms. The highest BCUT2D eigenvalue weighted by Gasteiger charge is 1.98. The molecule has 66 valence electrons. The Labute approximate surface area is 75.2 Å². The first kappa shape index (κ1) is 7.72. The van der Waals surface area contributed by atoms with Gasteiger partial charge in [0.15, 0.2) is 0 Å². The van der Waals surface area contributed by atoms with E-state index in [-0.39, 0.29) is 0 Å². The van der Waals surface area contributed by atoms with E-state index >= 15 is 0 Å². The Morgan fingerprint density at radius 1 is 1.31 bits per heavy atom. The monoisotopic (exact) mass is 175 g/mol. The van der Waals surface area contributed by atoms with Crippen molar-refractivity contribution in [2.75, 3.05) is 5.73 Å². The number of anilines is 1. The Hall–Kier alpha value is -1.91. The zero-order valence-corrected chi connectivity index (χ0v) is 7.18. The summed E-state index contributed by atoms with van der Waals surface area (Å²) in [5, 5.41) is 4.03. The molecule has 0 amide bonds. The van der Waals surface area contributed by atoms with Crippen LogP contribution in [0.5, 0.6) is 0 Å². The van der Waals surface area contributed by atoms with Crippen molar-refractivity contribution < 1.29 is 0 Å². The second kappa shape index (κ2) is 2.85. The van der Waals surface area contributed by atoms with E-state index in [0.29, 0.717) is 5.82 Å². The predicted molar refractivity (Wildman–Crippen MR) is 48.3 cm³/mol. The molecule has 0 aromatic carbocycles. The van der Waals surface area contributed by atoms with E-state index in [1.165, 1.54) is 0 Å². The Kier molecular flexibility index (Phi) is 1.70. The first-order valence-electron chi connectivity index (χ1n) is 3.86. The van der Waals surface area contributed by atoms with Gasteiger partial charge in [-0.3, -0.25) is 0 Å². The van der Waals surface area contributed by atoms with Gasteiger partial charge in [0, 0.05) is 12.3 Å². The lowest BCUT2D eigenvalue weighted by Crippen LogP contribution is -1.98. The SMILES string of the molecule is Cc1ncc(-n2ccc(N)n2)cn1. The first-order chi connectivity index (χ1) is 6.25. The number of nitrogen functional groups attached to an aromatic ring is 1. The van der Waals surface area contributed by atoms with Crippen LogP contribution < -0.4 is 5.73 Å². The number of nitrogens with two attached hydrogens (primary N) is 1. The van der Waals surface area contributed by atoms with Crippen LogP contribution in [0, 0.1) is 6.92 Å². The van der Waals surface area contributed by atoms with Gasteiger partial charge in [-0.15, -0.1) is 0 Å². The van der Waals surface area contributed by atoms with Gasteiger partial charge in [0.25, 0.3) is 0 Å². The van der Waals surface area contributed by atoms with Crippen LogP contribution in [0.15, 0.2) is 24.7 Å². The molecule has 0 aliphatic rings. The van der Waals surface area contributed by atoms with E-state index < -0.39 is 0 Å². The average molecular weight is 175 g/mol. The summed E-state index contributed by atoms with van der Waals surface area (Å²) in [5.74, 6) is 1.23. The van der Waals surface area contributed by atoms with Gasteiger partial charge in [-0.2, -0.15) is 5.10 Å². The Balaban J connectivity index is 2.41. The number of hydrogen-bond acceptors (Lipinski definition) is 4. The molecule has 0 unspecified atom stereocenters. The van der Waals surface area contributed by atoms with E-state index in [1.54, 1.807) is 29.3 Å². The number of rotatable bonds is 1. The van der Waals surface area contributed by atoms with Gasteiger partial charge in [-0.05, 0) is 6.92 Å². The Bertz CT molecular complexity index is 403. The number of hydrogen-bond donors (Lipinski definition) is 1. The van der Waals surface area contributed by atoms with Crippen LogP contribution in [-0.2, 0) is 0 Å². The molecule has 0 aliphatic heterocycles. The molecule has 0 atom stereocenters. The summed E-state index contributed by atoms with van der Waals surface area (Å²) in [6, 6.07) is 1.72. The maximum atomic E-state index is 5.47. The molecule has 0 radical (unpaired) electrons. The molecule has 5 heteroatoms. The van der Waals surface area contributed by atoms with Crippen molar-refractivity contribution in [3.63, 3.8) is 0 Å². The topological polar surface area (TPSA) is 69.6 Å². The van der Waals surface area contributed by atoms with Crippen molar-refractivity contribution >= 4 is 5.82 Å². The van der Waals surface area contributed by atoms with Crippen LogP contribution in [0.4, 0.5) is 5.82 Å². The largest absolute Gasteiger partial charge is 0.382 e. The van der Waals surface area contributed by atoms with Gasteiger partial charge in [0.2, 0.25) is 0 Å². The molecule has 5 nitrogen and oxygen atoms in total. The maximum Gasteiger partial charge on any atom is 0.145 e. The van der Waals surface area contributed by atoms with Crippen molar-refractivity contribution in [1.82, 2.24) is 19.7 Å². The molecule has 2 N–H and O–H groups in total. The summed E-state index contributed by atoms with van der Waals surface area (Å²) in [4.78, 5) is 8.10. The summed E-state index contributed by atoms with van der Waals surface area (Å²) in [5.41, 5.74) is 6.28. The highest BCUT2D eigenvalue weighted by molar-refractivity contribution is 5.31.